The molecule has 10 heteroatoms. The highest BCUT2D eigenvalue weighted by molar-refractivity contribution is 6.36. The molecule has 1 fully saturated rings. The number of aromatic amines is 2. The summed E-state index contributed by atoms with van der Waals surface area (Å²) in [7, 11) is 0. The van der Waals surface area contributed by atoms with Crippen molar-refractivity contribution in [3.8, 4) is 11.3 Å². The Morgan fingerprint density at radius 3 is 2.66 bits per heavy atom. The topological polar surface area (TPSA) is 86.4 Å². The van der Waals surface area contributed by atoms with Crippen LogP contribution in [0.4, 0.5) is 5.82 Å². The molecule has 0 spiro atoms. The Morgan fingerprint density at radius 1 is 1.03 bits per heavy atom. The number of H-pyrrole nitrogens is 2. The van der Waals surface area contributed by atoms with Crippen LogP contribution < -0.4 is 4.90 Å². The van der Waals surface area contributed by atoms with Gasteiger partial charge in [-0.05, 0) is 31.0 Å². The number of hydrogen-bond acceptors (Lipinski definition) is 5. The summed E-state index contributed by atoms with van der Waals surface area (Å²) in [4.78, 5) is 19.0. The molecule has 1 aromatic carbocycles. The third kappa shape index (κ3) is 3.77. The molecule has 1 aliphatic heterocycles. The maximum atomic E-state index is 6.33. The summed E-state index contributed by atoms with van der Waals surface area (Å²) in [6.07, 6.45) is 7.19. The Labute approximate surface area is 183 Å². The number of rotatable bonds is 3. The van der Waals surface area contributed by atoms with Crippen molar-refractivity contribution >= 4 is 52.5 Å². The van der Waals surface area contributed by atoms with Gasteiger partial charge in [-0.3, -0.25) is 5.10 Å². The number of hydrogen-bond donors (Lipinski definition) is 2. The molecule has 4 aromatic rings. The normalized spacial score (nSPS) is 14.9. The second-order valence-electron chi connectivity index (χ2n) is 6.90. The lowest BCUT2D eigenvalue weighted by molar-refractivity contribution is 0.487. The number of imidazole rings is 1. The minimum Gasteiger partial charge on any atom is -0.356 e. The van der Waals surface area contributed by atoms with Crippen LogP contribution in [-0.4, -0.2) is 43.2 Å². The van der Waals surface area contributed by atoms with Gasteiger partial charge in [-0.2, -0.15) is 5.10 Å². The lowest BCUT2D eigenvalue weighted by atomic mass is 9.96. The molecule has 150 valence electrons. The highest BCUT2D eigenvalue weighted by Gasteiger charge is 2.25. The summed E-state index contributed by atoms with van der Waals surface area (Å²) in [5.74, 6) is 2.31. The van der Waals surface area contributed by atoms with Crippen LogP contribution in [-0.2, 0) is 0 Å². The average molecular weight is 451 g/mol. The predicted molar refractivity (Wildman–Crippen MR) is 117 cm³/mol. The van der Waals surface area contributed by atoms with E-state index in [1.807, 2.05) is 18.3 Å². The maximum Gasteiger partial charge on any atom is 0.160 e. The fourth-order valence-corrected chi connectivity index (χ4v) is 4.27. The minimum atomic E-state index is 0. The van der Waals surface area contributed by atoms with Crippen LogP contribution in [0.3, 0.4) is 0 Å². The van der Waals surface area contributed by atoms with Crippen molar-refractivity contribution < 1.29 is 0 Å². The van der Waals surface area contributed by atoms with Crippen LogP contribution in [0.25, 0.3) is 22.3 Å². The molecule has 7 nitrogen and oxygen atoms in total. The summed E-state index contributed by atoms with van der Waals surface area (Å²) >= 11 is 12.3. The Morgan fingerprint density at radius 2 is 1.86 bits per heavy atom. The molecule has 0 atom stereocenters. The van der Waals surface area contributed by atoms with E-state index in [4.69, 9.17) is 23.2 Å². The van der Waals surface area contributed by atoms with Crippen molar-refractivity contribution in [2.45, 2.75) is 18.8 Å². The average Bonchev–Trinajstić information content (AvgIpc) is 3.37. The van der Waals surface area contributed by atoms with E-state index >= 15 is 0 Å². The first kappa shape index (κ1) is 19.9. The van der Waals surface area contributed by atoms with Gasteiger partial charge in [0.2, 0.25) is 0 Å². The summed E-state index contributed by atoms with van der Waals surface area (Å²) < 4.78 is 0. The van der Waals surface area contributed by atoms with Gasteiger partial charge in [0, 0.05) is 29.6 Å². The van der Waals surface area contributed by atoms with Gasteiger partial charge in [0.25, 0.3) is 0 Å². The Hall–Kier alpha value is -2.35. The van der Waals surface area contributed by atoms with E-state index in [2.05, 4.69) is 35.0 Å². The summed E-state index contributed by atoms with van der Waals surface area (Å²) in [6, 6.07) is 5.49. The van der Waals surface area contributed by atoms with E-state index in [0.717, 1.165) is 59.9 Å². The number of aromatic nitrogens is 6. The van der Waals surface area contributed by atoms with Crippen molar-refractivity contribution in [2.24, 2.45) is 0 Å². The first-order chi connectivity index (χ1) is 13.7. The van der Waals surface area contributed by atoms with E-state index in [0.29, 0.717) is 16.0 Å². The minimum absolute atomic E-state index is 0. The largest absolute Gasteiger partial charge is 0.356 e. The number of nitrogens with one attached hydrogen (secondary N) is 2. The SMILES string of the molecule is Cl.Clc1ccc(-c2cnc(C3CCN(c4ncnc5[nH]ncc45)CC3)[nH]2)c(Cl)c1. The Balaban J connectivity index is 0.00000205. The third-order valence-electron chi connectivity index (χ3n) is 5.22. The van der Waals surface area contributed by atoms with E-state index in [1.165, 1.54) is 0 Å². The molecule has 0 unspecified atom stereocenters. The predicted octanol–water partition coefficient (Wildman–Crippen LogP) is 4.86. The number of fused-ring (bicyclic) bond motifs is 1. The van der Waals surface area contributed by atoms with Crippen molar-refractivity contribution in [1.82, 2.24) is 30.1 Å². The molecule has 0 amide bonds. The molecular weight excluding hydrogens is 433 g/mol. The molecule has 29 heavy (non-hydrogen) atoms. The van der Waals surface area contributed by atoms with Gasteiger partial charge >= 0.3 is 0 Å². The second kappa shape index (κ2) is 8.18. The van der Waals surface area contributed by atoms with Crippen molar-refractivity contribution in [2.75, 3.05) is 18.0 Å². The molecule has 1 saturated heterocycles. The van der Waals surface area contributed by atoms with Gasteiger partial charge in [-0.1, -0.05) is 23.2 Å². The van der Waals surface area contributed by atoms with E-state index in [-0.39, 0.29) is 12.4 Å². The summed E-state index contributed by atoms with van der Waals surface area (Å²) in [6.45, 7) is 1.80. The molecule has 3 aromatic heterocycles. The third-order valence-corrected chi connectivity index (χ3v) is 5.77. The quantitative estimate of drug-likeness (QED) is 0.466. The highest BCUT2D eigenvalue weighted by Crippen LogP contribution is 2.33. The fourth-order valence-electron chi connectivity index (χ4n) is 3.76. The zero-order valence-electron chi connectivity index (χ0n) is 15.3. The first-order valence-electron chi connectivity index (χ1n) is 9.08. The molecule has 5 rings (SSSR count). The van der Waals surface area contributed by atoms with E-state index < -0.39 is 0 Å². The number of nitrogens with zero attached hydrogens (tertiary/aromatic N) is 5. The Kier molecular flexibility index (Phi) is 5.63. The van der Waals surface area contributed by atoms with Gasteiger partial charge in [-0.25, -0.2) is 15.0 Å². The van der Waals surface area contributed by atoms with Crippen LogP contribution in [0.2, 0.25) is 10.0 Å². The smallest absolute Gasteiger partial charge is 0.160 e. The van der Waals surface area contributed by atoms with Crippen LogP contribution in [0.15, 0.2) is 36.9 Å². The highest BCUT2D eigenvalue weighted by atomic mass is 35.5. The Bertz CT molecular complexity index is 1130. The van der Waals surface area contributed by atoms with E-state index in [9.17, 15) is 0 Å². The van der Waals surface area contributed by atoms with Gasteiger partial charge < -0.3 is 9.88 Å². The number of piperidine rings is 1. The summed E-state index contributed by atoms with van der Waals surface area (Å²) in [5.41, 5.74) is 2.59. The van der Waals surface area contributed by atoms with Crippen LogP contribution >= 0.6 is 35.6 Å². The lowest BCUT2D eigenvalue weighted by Gasteiger charge is -2.32. The molecule has 4 heterocycles. The molecule has 0 bridgehead atoms. The van der Waals surface area contributed by atoms with Gasteiger partial charge in [0.05, 0.1) is 28.5 Å². The number of halogens is 3. The van der Waals surface area contributed by atoms with Crippen molar-refractivity contribution in [3.63, 3.8) is 0 Å². The zero-order chi connectivity index (χ0) is 19.1. The molecule has 1 aliphatic rings. The molecular formula is C19H18Cl3N7. The standard InChI is InChI=1S/C19H17Cl2N7.ClH/c20-12-1-2-13(15(21)7-12)16-9-22-17(26-16)11-3-5-28(6-4-11)19-14-8-25-27-18(14)23-10-24-19;/h1-2,7-11H,3-6H2,(H,22,26)(H,23,24,25,27);1H. The zero-order valence-corrected chi connectivity index (χ0v) is 17.6. The van der Waals surface area contributed by atoms with Crippen LogP contribution in [0, 0.1) is 0 Å². The van der Waals surface area contributed by atoms with Crippen molar-refractivity contribution in [1.29, 1.82) is 0 Å². The number of anilines is 1. The lowest BCUT2D eigenvalue weighted by Crippen LogP contribution is -2.33. The first-order valence-corrected chi connectivity index (χ1v) is 9.84. The fraction of sp³-hybridized carbons (Fsp3) is 0.263. The van der Waals surface area contributed by atoms with Gasteiger partial charge in [-0.15, -0.1) is 12.4 Å². The molecule has 0 radical (unpaired) electrons. The molecule has 0 aliphatic carbocycles. The molecule has 2 N–H and O–H groups in total. The van der Waals surface area contributed by atoms with Crippen molar-refractivity contribution in [3.05, 3.63) is 52.8 Å². The van der Waals surface area contributed by atoms with Gasteiger partial charge in [0.15, 0.2) is 5.65 Å². The second-order valence-corrected chi connectivity index (χ2v) is 7.74. The van der Waals surface area contributed by atoms with E-state index in [1.54, 1.807) is 18.6 Å². The number of benzene rings is 1. The monoisotopic (exact) mass is 449 g/mol. The molecule has 0 saturated carbocycles. The maximum absolute atomic E-state index is 6.33. The van der Waals surface area contributed by atoms with Gasteiger partial charge in [0.1, 0.15) is 18.0 Å². The summed E-state index contributed by atoms with van der Waals surface area (Å²) in [5, 5.41) is 9.17. The van der Waals surface area contributed by atoms with Crippen LogP contribution in [0.1, 0.15) is 24.6 Å². The van der Waals surface area contributed by atoms with Crippen LogP contribution in [0.5, 0.6) is 0 Å².